The van der Waals surface area contributed by atoms with Crippen molar-refractivity contribution in [1.29, 1.82) is 5.26 Å². The summed E-state index contributed by atoms with van der Waals surface area (Å²) in [5.74, 6) is 4.43. The first kappa shape index (κ1) is 9.40. The van der Waals surface area contributed by atoms with E-state index >= 15 is 0 Å². The van der Waals surface area contributed by atoms with Gasteiger partial charge in [-0.3, -0.25) is 0 Å². The highest BCUT2D eigenvalue weighted by atomic mass is 32.2. The van der Waals surface area contributed by atoms with Gasteiger partial charge in [0.2, 0.25) is 0 Å². The second-order valence-electron chi connectivity index (χ2n) is 4.32. The zero-order valence-corrected chi connectivity index (χ0v) is 8.85. The Morgan fingerprint density at radius 2 is 1.92 bits per heavy atom. The van der Waals surface area contributed by atoms with Gasteiger partial charge in [-0.15, -0.1) is 0 Å². The van der Waals surface area contributed by atoms with Crippen LogP contribution in [-0.2, 0) is 0 Å². The van der Waals surface area contributed by atoms with Gasteiger partial charge in [0.05, 0.1) is 12.0 Å². The van der Waals surface area contributed by atoms with E-state index < -0.39 is 0 Å². The zero-order valence-electron chi connectivity index (χ0n) is 8.04. The quantitative estimate of drug-likeness (QED) is 0.676. The van der Waals surface area contributed by atoms with Crippen molar-refractivity contribution in [1.82, 2.24) is 0 Å². The van der Waals surface area contributed by atoms with E-state index in [-0.39, 0.29) is 0 Å². The highest BCUT2D eigenvalue weighted by Gasteiger charge is 2.33. The monoisotopic (exact) mass is 195 g/mol. The lowest BCUT2D eigenvalue weighted by molar-refractivity contribution is 0.191. The molecule has 2 rings (SSSR count). The maximum absolute atomic E-state index is 9.15. The first-order valence-electron chi connectivity index (χ1n) is 5.39. The summed E-state index contributed by atoms with van der Waals surface area (Å²) in [5.41, 5.74) is 0. The van der Waals surface area contributed by atoms with Crippen molar-refractivity contribution in [3.05, 3.63) is 0 Å². The Labute approximate surface area is 84.9 Å². The van der Waals surface area contributed by atoms with E-state index in [0.717, 1.165) is 5.92 Å². The van der Waals surface area contributed by atoms with E-state index in [2.05, 4.69) is 6.07 Å². The predicted molar refractivity (Wildman–Crippen MR) is 56.5 cm³/mol. The van der Waals surface area contributed by atoms with Gasteiger partial charge >= 0.3 is 0 Å². The first-order valence-corrected chi connectivity index (χ1v) is 6.54. The van der Waals surface area contributed by atoms with Gasteiger partial charge in [-0.25, -0.2) is 0 Å². The number of hydrogen-bond acceptors (Lipinski definition) is 2. The summed E-state index contributed by atoms with van der Waals surface area (Å²) in [6.07, 6.45) is 6.64. The van der Waals surface area contributed by atoms with Gasteiger partial charge < -0.3 is 0 Å². The average molecular weight is 195 g/mol. The van der Waals surface area contributed by atoms with Crippen molar-refractivity contribution >= 4 is 11.8 Å². The third-order valence-corrected chi connectivity index (χ3v) is 4.75. The van der Waals surface area contributed by atoms with Gasteiger partial charge in [-0.1, -0.05) is 6.42 Å². The highest BCUT2D eigenvalue weighted by molar-refractivity contribution is 7.99. The van der Waals surface area contributed by atoms with Crippen molar-refractivity contribution in [2.75, 3.05) is 11.5 Å². The Morgan fingerprint density at radius 3 is 2.38 bits per heavy atom. The Hall–Kier alpha value is -0.160. The van der Waals surface area contributed by atoms with Crippen molar-refractivity contribution in [2.45, 2.75) is 32.1 Å². The smallest absolute Gasteiger partial charge is 0.0661 e. The molecule has 0 amide bonds. The van der Waals surface area contributed by atoms with Crippen LogP contribution in [0.4, 0.5) is 0 Å². The minimum absolute atomic E-state index is 0.390. The lowest BCUT2D eigenvalue weighted by atomic mass is 9.70. The summed E-state index contributed by atoms with van der Waals surface area (Å²) in [6.45, 7) is 0. The maximum Gasteiger partial charge on any atom is 0.0661 e. The van der Waals surface area contributed by atoms with Crippen molar-refractivity contribution < 1.29 is 0 Å². The predicted octanol–water partition coefficient (Wildman–Crippen LogP) is 3.07. The molecule has 1 heterocycles. The van der Waals surface area contributed by atoms with E-state index in [1.54, 1.807) is 0 Å². The van der Waals surface area contributed by atoms with Gasteiger partial charge in [0.15, 0.2) is 0 Å². The van der Waals surface area contributed by atoms with Crippen molar-refractivity contribution in [3.63, 3.8) is 0 Å². The maximum atomic E-state index is 9.15. The van der Waals surface area contributed by atoms with Crippen LogP contribution in [0.2, 0.25) is 0 Å². The van der Waals surface area contributed by atoms with E-state index in [4.69, 9.17) is 5.26 Å². The van der Waals surface area contributed by atoms with Crippen molar-refractivity contribution in [3.8, 4) is 6.07 Å². The molecule has 1 aliphatic heterocycles. The SMILES string of the molecule is N#CC(C1CCC1)C1CCCSC1. The van der Waals surface area contributed by atoms with Crippen LogP contribution in [0.15, 0.2) is 0 Å². The Bertz CT molecular complexity index is 199. The van der Waals surface area contributed by atoms with Gasteiger partial charge in [0.25, 0.3) is 0 Å². The molecule has 2 heteroatoms. The second kappa shape index (κ2) is 4.37. The normalized spacial score (nSPS) is 31.8. The molecular formula is C11H17NS. The van der Waals surface area contributed by atoms with E-state index in [1.165, 1.54) is 43.6 Å². The van der Waals surface area contributed by atoms with Crippen LogP contribution in [0.1, 0.15) is 32.1 Å². The molecule has 0 aromatic heterocycles. The molecule has 1 saturated carbocycles. The zero-order chi connectivity index (χ0) is 9.10. The summed E-state index contributed by atoms with van der Waals surface area (Å²) in [7, 11) is 0. The molecule has 0 radical (unpaired) electrons. The fraction of sp³-hybridized carbons (Fsp3) is 0.909. The van der Waals surface area contributed by atoms with E-state index in [9.17, 15) is 0 Å². The summed E-state index contributed by atoms with van der Waals surface area (Å²) in [4.78, 5) is 0. The molecule has 0 spiro atoms. The molecule has 1 aliphatic carbocycles. The van der Waals surface area contributed by atoms with Gasteiger partial charge in [-0.05, 0) is 49.0 Å². The van der Waals surface area contributed by atoms with E-state index in [1.807, 2.05) is 11.8 Å². The number of thioether (sulfide) groups is 1. The average Bonchev–Trinajstić information content (AvgIpc) is 2.12. The molecule has 2 unspecified atom stereocenters. The van der Waals surface area contributed by atoms with E-state index in [0.29, 0.717) is 11.8 Å². The summed E-state index contributed by atoms with van der Waals surface area (Å²) in [6, 6.07) is 2.56. The number of nitriles is 1. The molecule has 13 heavy (non-hydrogen) atoms. The molecule has 0 aromatic carbocycles. The number of nitrogens with zero attached hydrogens (tertiary/aromatic N) is 1. The van der Waals surface area contributed by atoms with Gasteiger partial charge in [-0.2, -0.15) is 17.0 Å². The molecule has 2 fully saturated rings. The van der Waals surface area contributed by atoms with Gasteiger partial charge in [0.1, 0.15) is 0 Å². The molecule has 0 N–H and O–H groups in total. The largest absolute Gasteiger partial charge is 0.198 e. The summed E-state index contributed by atoms with van der Waals surface area (Å²) < 4.78 is 0. The first-order chi connectivity index (χ1) is 6.42. The molecule has 1 saturated heterocycles. The molecule has 0 bridgehead atoms. The fourth-order valence-corrected chi connectivity index (χ4v) is 3.66. The standard InChI is InChI=1S/C11H17NS/c12-7-11(9-3-1-4-9)10-5-2-6-13-8-10/h9-11H,1-6,8H2. The fourth-order valence-electron chi connectivity index (χ4n) is 2.44. The van der Waals surface area contributed by atoms with Crippen LogP contribution >= 0.6 is 11.8 Å². The highest BCUT2D eigenvalue weighted by Crippen LogP contribution is 2.40. The topological polar surface area (TPSA) is 23.8 Å². The van der Waals surface area contributed by atoms with Crippen LogP contribution in [0.3, 0.4) is 0 Å². The minimum atomic E-state index is 0.390. The molecule has 1 nitrogen and oxygen atoms in total. The lowest BCUT2D eigenvalue weighted by Crippen LogP contribution is -2.30. The van der Waals surface area contributed by atoms with Gasteiger partial charge in [0, 0.05) is 0 Å². The molecule has 2 atom stereocenters. The lowest BCUT2D eigenvalue weighted by Gasteiger charge is -2.36. The molecule has 72 valence electrons. The molecular weight excluding hydrogens is 178 g/mol. The minimum Gasteiger partial charge on any atom is -0.198 e. The second-order valence-corrected chi connectivity index (χ2v) is 5.47. The molecule has 2 aliphatic rings. The third kappa shape index (κ3) is 2.02. The van der Waals surface area contributed by atoms with Crippen LogP contribution < -0.4 is 0 Å². The van der Waals surface area contributed by atoms with Crippen LogP contribution in [-0.4, -0.2) is 11.5 Å². The Kier molecular flexibility index (Phi) is 3.16. The van der Waals surface area contributed by atoms with Crippen LogP contribution in [0.25, 0.3) is 0 Å². The Balaban J connectivity index is 1.90. The third-order valence-electron chi connectivity index (χ3n) is 3.51. The van der Waals surface area contributed by atoms with Crippen molar-refractivity contribution in [2.24, 2.45) is 17.8 Å². The molecule has 0 aromatic rings. The summed E-state index contributed by atoms with van der Waals surface area (Å²) >= 11 is 2.05. The van der Waals surface area contributed by atoms with Crippen LogP contribution in [0, 0.1) is 29.1 Å². The summed E-state index contributed by atoms with van der Waals surface area (Å²) in [5, 5.41) is 9.15. The Morgan fingerprint density at radius 1 is 1.15 bits per heavy atom. The number of rotatable bonds is 2. The van der Waals surface area contributed by atoms with Crippen LogP contribution in [0.5, 0.6) is 0 Å². The number of hydrogen-bond donors (Lipinski definition) is 0.